The Kier molecular flexibility index (Phi) is 4.46. The largest absolute Gasteiger partial charge is 0.370 e. The van der Waals surface area contributed by atoms with Crippen molar-refractivity contribution in [1.82, 2.24) is 9.97 Å². The highest BCUT2D eigenvalue weighted by Gasteiger charge is 1.98. The maximum atomic E-state index is 5.88. The number of hydrogen-bond donors (Lipinski definition) is 2. The first-order valence-corrected chi connectivity index (χ1v) is 5.75. The van der Waals surface area contributed by atoms with E-state index in [2.05, 4.69) is 15.4 Å². The van der Waals surface area contributed by atoms with Crippen molar-refractivity contribution < 1.29 is 4.74 Å². The summed E-state index contributed by atoms with van der Waals surface area (Å²) in [6.07, 6.45) is 3.17. The number of aromatic nitrogens is 2. The zero-order valence-electron chi connectivity index (χ0n) is 9.64. The highest BCUT2D eigenvalue weighted by atomic mass is 35.5. The summed E-state index contributed by atoms with van der Waals surface area (Å²) in [7, 11) is 0. The fourth-order valence-electron chi connectivity index (χ4n) is 1.40. The topological polar surface area (TPSA) is 73.1 Å². The molecule has 1 heterocycles. The number of hydrazine groups is 1. The predicted octanol–water partition coefficient (Wildman–Crippen LogP) is 2.13. The Balaban J connectivity index is 1.84. The summed E-state index contributed by atoms with van der Waals surface area (Å²) in [4.78, 5) is 8.18. The molecule has 18 heavy (non-hydrogen) atoms. The number of nitrogens with zero attached hydrogens (tertiary/aromatic N) is 2. The first-order valence-electron chi connectivity index (χ1n) is 5.37. The predicted molar refractivity (Wildman–Crippen MR) is 69.8 cm³/mol. The smallest absolute Gasteiger partial charge is 0.158 e. The molecule has 3 N–H and O–H groups in total. The molecule has 2 aromatic rings. The van der Waals surface area contributed by atoms with Gasteiger partial charge in [0.05, 0.1) is 31.3 Å². The average Bonchev–Trinajstić information content (AvgIpc) is 2.40. The third-order valence-corrected chi connectivity index (χ3v) is 2.50. The number of nitrogens with one attached hydrogen (secondary N) is 1. The van der Waals surface area contributed by atoms with Crippen LogP contribution in [0.25, 0.3) is 0 Å². The number of rotatable bonds is 5. The van der Waals surface area contributed by atoms with E-state index < -0.39 is 0 Å². The minimum Gasteiger partial charge on any atom is -0.370 e. The molecule has 0 radical (unpaired) electrons. The van der Waals surface area contributed by atoms with E-state index in [4.69, 9.17) is 22.2 Å². The first-order chi connectivity index (χ1) is 8.78. The molecule has 94 valence electrons. The zero-order valence-corrected chi connectivity index (χ0v) is 10.4. The maximum absolute atomic E-state index is 5.88. The summed E-state index contributed by atoms with van der Waals surface area (Å²) < 4.78 is 5.52. The normalized spacial score (nSPS) is 10.3. The molecule has 0 aliphatic carbocycles. The lowest BCUT2D eigenvalue weighted by Gasteiger charge is -2.05. The van der Waals surface area contributed by atoms with E-state index in [9.17, 15) is 0 Å². The van der Waals surface area contributed by atoms with Gasteiger partial charge in [0.2, 0.25) is 0 Å². The minimum absolute atomic E-state index is 0.393. The van der Waals surface area contributed by atoms with Gasteiger partial charge in [-0.1, -0.05) is 23.7 Å². The van der Waals surface area contributed by atoms with Gasteiger partial charge in [-0.25, -0.2) is 10.8 Å². The van der Waals surface area contributed by atoms with E-state index >= 15 is 0 Å². The van der Waals surface area contributed by atoms with Gasteiger partial charge >= 0.3 is 0 Å². The fraction of sp³-hybridized carbons (Fsp3) is 0.167. The Morgan fingerprint density at radius 2 is 2.11 bits per heavy atom. The van der Waals surface area contributed by atoms with Gasteiger partial charge in [0.15, 0.2) is 5.82 Å². The molecule has 1 aromatic carbocycles. The molecule has 6 heteroatoms. The third kappa shape index (κ3) is 3.66. The summed E-state index contributed by atoms with van der Waals surface area (Å²) in [6.45, 7) is 0.878. The van der Waals surface area contributed by atoms with E-state index in [0.717, 1.165) is 11.3 Å². The molecule has 0 fully saturated rings. The summed E-state index contributed by atoms with van der Waals surface area (Å²) in [6, 6.07) is 7.55. The van der Waals surface area contributed by atoms with Crippen LogP contribution in [0, 0.1) is 0 Å². The van der Waals surface area contributed by atoms with Crippen LogP contribution in [0.4, 0.5) is 5.82 Å². The molecule has 2 rings (SSSR count). The van der Waals surface area contributed by atoms with Gasteiger partial charge in [-0.3, -0.25) is 4.98 Å². The van der Waals surface area contributed by atoms with E-state index in [0.29, 0.717) is 24.1 Å². The zero-order chi connectivity index (χ0) is 12.8. The summed E-state index contributed by atoms with van der Waals surface area (Å²) in [5.41, 5.74) is 4.18. The standard InChI is InChI=1S/C12H13ClN4O/c13-10-3-1-2-9(4-10)7-18-8-11-5-16-12(17-14)6-15-11/h1-6H,7-8,14H2,(H,16,17). The van der Waals surface area contributed by atoms with Gasteiger partial charge in [-0.2, -0.15) is 0 Å². The lowest BCUT2D eigenvalue weighted by molar-refractivity contribution is 0.104. The van der Waals surface area contributed by atoms with Gasteiger partial charge in [-0.05, 0) is 17.7 Å². The second kappa shape index (κ2) is 6.30. The molecule has 0 amide bonds. The molecule has 0 atom stereocenters. The van der Waals surface area contributed by atoms with Gasteiger partial charge in [0.1, 0.15) is 0 Å². The van der Waals surface area contributed by atoms with Crippen molar-refractivity contribution in [2.24, 2.45) is 5.84 Å². The molecule has 0 saturated carbocycles. The SMILES string of the molecule is NNc1cnc(COCc2cccc(Cl)c2)cn1. The lowest BCUT2D eigenvalue weighted by atomic mass is 10.2. The molecule has 0 spiro atoms. The van der Waals surface area contributed by atoms with Crippen molar-refractivity contribution >= 4 is 17.4 Å². The van der Waals surface area contributed by atoms with Gasteiger partial charge in [0, 0.05) is 5.02 Å². The second-order valence-electron chi connectivity index (χ2n) is 3.66. The number of ether oxygens (including phenoxy) is 1. The number of halogens is 1. The highest BCUT2D eigenvalue weighted by Crippen LogP contribution is 2.12. The Hall–Kier alpha value is -1.69. The number of nitrogens with two attached hydrogens (primary N) is 1. The average molecular weight is 265 g/mol. The Labute approximate surface area is 110 Å². The fourth-order valence-corrected chi connectivity index (χ4v) is 1.62. The van der Waals surface area contributed by atoms with E-state index in [1.807, 2.05) is 24.3 Å². The highest BCUT2D eigenvalue weighted by molar-refractivity contribution is 6.30. The van der Waals surface area contributed by atoms with Crippen LogP contribution in [-0.4, -0.2) is 9.97 Å². The maximum Gasteiger partial charge on any atom is 0.158 e. The van der Waals surface area contributed by atoms with E-state index in [-0.39, 0.29) is 0 Å². The number of nitrogen functional groups attached to an aromatic ring is 1. The molecule has 0 unspecified atom stereocenters. The quantitative estimate of drug-likeness (QED) is 0.639. The minimum atomic E-state index is 0.393. The number of benzene rings is 1. The molecular formula is C12H13ClN4O. The van der Waals surface area contributed by atoms with Crippen LogP contribution < -0.4 is 11.3 Å². The van der Waals surface area contributed by atoms with Crippen LogP contribution in [0.5, 0.6) is 0 Å². The van der Waals surface area contributed by atoms with Crippen molar-refractivity contribution in [3.05, 3.63) is 52.9 Å². The molecule has 1 aromatic heterocycles. The Bertz CT molecular complexity index is 504. The van der Waals surface area contributed by atoms with Crippen molar-refractivity contribution in [3.63, 3.8) is 0 Å². The monoisotopic (exact) mass is 264 g/mol. The first kappa shape index (κ1) is 12.8. The van der Waals surface area contributed by atoms with Crippen LogP contribution in [0.1, 0.15) is 11.3 Å². The van der Waals surface area contributed by atoms with E-state index in [1.165, 1.54) is 0 Å². The number of hydrogen-bond acceptors (Lipinski definition) is 5. The van der Waals surface area contributed by atoms with Crippen LogP contribution in [0.3, 0.4) is 0 Å². The summed E-state index contributed by atoms with van der Waals surface area (Å²) in [5, 5.41) is 0.703. The Morgan fingerprint density at radius 1 is 1.22 bits per heavy atom. The van der Waals surface area contributed by atoms with E-state index in [1.54, 1.807) is 12.4 Å². The van der Waals surface area contributed by atoms with Crippen molar-refractivity contribution in [2.45, 2.75) is 13.2 Å². The molecule has 0 saturated heterocycles. The van der Waals surface area contributed by atoms with Crippen molar-refractivity contribution in [3.8, 4) is 0 Å². The van der Waals surface area contributed by atoms with Crippen molar-refractivity contribution in [1.29, 1.82) is 0 Å². The Morgan fingerprint density at radius 3 is 2.78 bits per heavy atom. The lowest BCUT2D eigenvalue weighted by Crippen LogP contribution is -2.09. The molecule has 0 aliphatic rings. The van der Waals surface area contributed by atoms with Crippen LogP contribution >= 0.6 is 11.6 Å². The van der Waals surface area contributed by atoms with Gasteiger partial charge in [0.25, 0.3) is 0 Å². The van der Waals surface area contributed by atoms with Crippen molar-refractivity contribution in [2.75, 3.05) is 5.43 Å². The molecular weight excluding hydrogens is 252 g/mol. The molecule has 0 bridgehead atoms. The molecule has 0 aliphatic heterocycles. The van der Waals surface area contributed by atoms with Crippen LogP contribution in [0.2, 0.25) is 5.02 Å². The number of anilines is 1. The van der Waals surface area contributed by atoms with Gasteiger partial charge in [-0.15, -0.1) is 0 Å². The van der Waals surface area contributed by atoms with Crippen LogP contribution in [0.15, 0.2) is 36.7 Å². The van der Waals surface area contributed by atoms with Crippen LogP contribution in [-0.2, 0) is 18.0 Å². The second-order valence-corrected chi connectivity index (χ2v) is 4.10. The summed E-state index contributed by atoms with van der Waals surface area (Å²) >= 11 is 5.88. The third-order valence-electron chi connectivity index (χ3n) is 2.26. The molecule has 5 nitrogen and oxygen atoms in total. The van der Waals surface area contributed by atoms with Gasteiger partial charge < -0.3 is 10.2 Å². The summed E-state index contributed by atoms with van der Waals surface area (Å²) in [5.74, 6) is 5.72.